The van der Waals surface area contributed by atoms with Crippen LogP contribution in [0.4, 0.5) is 0 Å². The van der Waals surface area contributed by atoms with Crippen LogP contribution in [0.15, 0.2) is 0 Å². The summed E-state index contributed by atoms with van der Waals surface area (Å²) in [5, 5.41) is 9.15. The number of nitrogens with zero attached hydrogens (tertiary/aromatic N) is 1. The Balaban J connectivity index is 1.93. The van der Waals surface area contributed by atoms with Gasteiger partial charge in [0.25, 0.3) is 0 Å². The topological polar surface area (TPSA) is 57.6 Å². The van der Waals surface area contributed by atoms with Crippen molar-refractivity contribution in [3.05, 3.63) is 0 Å². The van der Waals surface area contributed by atoms with Crippen LogP contribution in [-0.4, -0.2) is 34.5 Å². The molecule has 20 heavy (non-hydrogen) atoms. The summed E-state index contributed by atoms with van der Waals surface area (Å²) >= 11 is 0. The number of amides is 1. The lowest BCUT2D eigenvalue weighted by Gasteiger charge is -2.38. The van der Waals surface area contributed by atoms with Crippen LogP contribution >= 0.6 is 0 Å². The second-order valence-corrected chi connectivity index (χ2v) is 6.74. The van der Waals surface area contributed by atoms with Crippen LogP contribution in [0.3, 0.4) is 0 Å². The Bertz CT molecular complexity index is 363. The minimum atomic E-state index is -0.766. The van der Waals surface area contributed by atoms with Crippen LogP contribution in [0.25, 0.3) is 0 Å². The zero-order chi connectivity index (χ0) is 14.7. The summed E-state index contributed by atoms with van der Waals surface area (Å²) in [7, 11) is 0. The fraction of sp³-hybridized carbons (Fsp3) is 0.875. The van der Waals surface area contributed by atoms with Gasteiger partial charge in [-0.1, -0.05) is 32.6 Å². The fourth-order valence-corrected chi connectivity index (χ4v) is 3.75. The first-order valence-corrected chi connectivity index (χ1v) is 8.02. The van der Waals surface area contributed by atoms with E-state index in [0.29, 0.717) is 18.9 Å². The maximum absolute atomic E-state index is 12.6. The number of carbonyl (C=O) groups excluding carboxylic acids is 1. The Kier molecular flexibility index (Phi) is 5.06. The van der Waals surface area contributed by atoms with E-state index < -0.39 is 5.97 Å². The zero-order valence-electron chi connectivity index (χ0n) is 12.7. The summed E-state index contributed by atoms with van der Waals surface area (Å²) < 4.78 is 0. The van der Waals surface area contributed by atoms with E-state index in [1.165, 1.54) is 25.7 Å². The summed E-state index contributed by atoms with van der Waals surface area (Å²) in [4.78, 5) is 25.6. The van der Waals surface area contributed by atoms with Crippen LogP contribution in [0, 0.1) is 17.8 Å². The van der Waals surface area contributed by atoms with Gasteiger partial charge in [0.05, 0.1) is 5.92 Å². The van der Waals surface area contributed by atoms with Gasteiger partial charge in [0.15, 0.2) is 0 Å². The van der Waals surface area contributed by atoms with Crippen molar-refractivity contribution in [1.29, 1.82) is 0 Å². The molecule has 1 aliphatic heterocycles. The van der Waals surface area contributed by atoms with Crippen molar-refractivity contribution in [3.8, 4) is 0 Å². The Hall–Kier alpha value is -1.06. The number of carbonyl (C=O) groups is 2. The first kappa shape index (κ1) is 15.3. The molecule has 0 aromatic rings. The van der Waals surface area contributed by atoms with Crippen molar-refractivity contribution >= 4 is 11.9 Å². The van der Waals surface area contributed by atoms with Gasteiger partial charge in [0, 0.05) is 18.5 Å². The molecule has 3 unspecified atom stereocenters. The van der Waals surface area contributed by atoms with Gasteiger partial charge in [-0.25, -0.2) is 0 Å². The molecule has 2 fully saturated rings. The van der Waals surface area contributed by atoms with E-state index in [1.54, 1.807) is 0 Å². The van der Waals surface area contributed by atoms with Gasteiger partial charge in [-0.2, -0.15) is 0 Å². The Morgan fingerprint density at radius 3 is 2.45 bits per heavy atom. The van der Waals surface area contributed by atoms with Crippen LogP contribution < -0.4 is 0 Å². The van der Waals surface area contributed by atoms with Crippen molar-refractivity contribution in [3.63, 3.8) is 0 Å². The largest absolute Gasteiger partial charge is 0.481 e. The first-order valence-electron chi connectivity index (χ1n) is 8.02. The summed E-state index contributed by atoms with van der Waals surface area (Å²) in [6.07, 6.45) is 7.57. The number of piperidine rings is 1. The second-order valence-electron chi connectivity index (χ2n) is 6.74. The number of hydrogen-bond donors (Lipinski definition) is 1. The molecule has 0 bridgehead atoms. The fourth-order valence-electron chi connectivity index (χ4n) is 3.75. The molecule has 0 spiro atoms. The predicted octanol–water partition coefficient (Wildman–Crippen LogP) is 2.91. The predicted molar refractivity (Wildman–Crippen MR) is 77.3 cm³/mol. The first-order chi connectivity index (χ1) is 9.49. The standard InChI is InChI=1S/C16H27NO3/c1-11(9-13-5-3-4-6-13)15(18)17-10-14(16(19)20)8-7-12(17)2/h11-14H,3-10H2,1-2H3,(H,19,20). The minimum Gasteiger partial charge on any atom is -0.481 e. The van der Waals surface area contributed by atoms with Crippen molar-refractivity contribution < 1.29 is 14.7 Å². The molecule has 1 amide bonds. The monoisotopic (exact) mass is 281 g/mol. The molecular formula is C16H27NO3. The average Bonchev–Trinajstić information content (AvgIpc) is 2.91. The number of carboxylic acid groups (broad SMARTS) is 1. The molecule has 0 radical (unpaired) electrons. The number of hydrogen-bond acceptors (Lipinski definition) is 2. The number of rotatable bonds is 4. The molecule has 0 aromatic carbocycles. The molecule has 4 nitrogen and oxygen atoms in total. The highest BCUT2D eigenvalue weighted by atomic mass is 16.4. The molecule has 0 aromatic heterocycles. The molecule has 2 aliphatic rings. The second kappa shape index (κ2) is 6.59. The van der Waals surface area contributed by atoms with E-state index in [-0.39, 0.29) is 23.8 Å². The van der Waals surface area contributed by atoms with Crippen molar-refractivity contribution in [2.75, 3.05) is 6.54 Å². The highest BCUT2D eigenvalue weighted by Crippen LogP contribution is 2.32. The van der Waals surface area contributed by atoms with Gasteiger partial charge in [-0.3, -0.25) is 9.59 Å². The molecule has 1 saturated carbocycles. The summed E-state index contributed by atoms with van der Waals surface area (Å²) in [6.45, 7) is 4.44. The highest BCUT2D eigenvalue weighted by Gasteiger charge is 2.34. The van der Waals surface area contributed by atoms with Crippen molar-refractivity contribution in [2.24, 2.45) is 17.8 Å². The minimum absolute atomic E-state index is 0.0353. The Labute approximate surface area is 121 Å². The summed E-state index contributed by atoms with van der Waals surface area (Å²) in [5.74, 6) is -0.250. The lowest BCUT2D eigenvalue weighted by atomic mass is 9.89. The molecule has 1 saturated heterocycles. The average molecular weight is 281 g/mol. The number of carboxylic acids is 1. The number of aliphatic carboxylic acids is 1. The van der Waals surface area contributed by atoms with Gasteiger partial charge in [-0.05, 0) is 32.1 Å². The Morgan fingerprint density at radius 1 is 1.20 bits per heavy atom. The summed E-state index contributed by atoms with van der Waals surface area (Å²) in [6, 6.07) is 0.184. The smallest absolute Gasteiger partial charge is 0.308 e. The Morgan fingerprint density at radius 2 is 1.85 bits per heavy atom. The molecule has 1 aliphatic carbocycles. The maximum Gasteiger partial charge on any atom is 0.308 e. The van der Waals surface area contributed by atoms with Gasteiger partial charge in [0.2, 0.25) is 5.91 Å². The molecule has 4 heteroatoms. The van der Waals surface area contributed by atoms with Crippen molar-refractivity contribution in [1.82, 2.24) is 4.90 Å². The molecule has 3 atom stereocenters. The number of likely N-dealkylation sites (tertiary alicyclic amines) is 1. The van der Waals surface area contributed by atoms with Crippen LogP contribution in [0.1, 0.15) is 58.8 Å². The van der Waals surface area contributed by atoms with Crippen molar-refractivity contribution in [2.45, 2.75) is 64.8 Å². The molecule has 114 valence electrons. The van der Waals surface area contributed by atoms with Crippen LogP contribution in [0.5, 0.6) is 0 Å². The van der Waals surface area contributed by atoms with E-state index in [4.69, 9.17) is 5.11 Å². The van der Waals surface area contributed by atoms with Crippen LogP contribution in [-0.2, 0) is 9.59 Å². The normalized spacial score (nSPS) is 29.4. The third-order valence-electron chi connectivity index (χ3n) is 5.10. The van der Waals surface area contributed by atoms with Crippen LogP contribution in [0.2, 0.25) is 0 Å². The SMILES string of the molecule is CC(CC1CCCC1)C(=O)N1CC(C(=O)O)CCC1C. The van der Waals surface area contributed by atoms with Gasteiger partial charge >= 0.3 is 5.97 Å². The lowest BCUT2D eigenvalue weighted by molar-refractivity contribution is -0.148. The zero-order valence-corrected chi connectivity index (χ0v) is 12.7. The van der Waals surface area contributed by atoms with Gasteiger partial charge in [-0.15, -0.1) is 0 Å². The third kappa shape index (κ3) is 3.53. The van der Waals surface area contributed by atoms with E-state index in [1.807, 2.05) is 18.7 Å². The van der Waals surface area contributed by atoms with E-state index in [2.05, 4.69) is 0 Å². The van der Waals surface area contributed by atoms with E-state index >= 15 is 0 Å². The van der Waals surface area contributed by atoms with E-state index in [0.717, 1.165) is 12.8 Å². The highest BCUT2D eigenvalue weighted by molar-refractivity contribution is 5.80. The third-order valence-corrected chi connectivity index (χ3v) is 5.10. The van der Waals surface area contributed by atoms with E-state index in [9.17, 15) is 9.59 Å². The van der Waals surface area contributed by atoms with Gasteiger partial charge < -0.3 is 10.0 Å². The molecule has 1 N–H and O–H groups in total. The molecule has 1 heterocycles. The maximum atomic E-state index is 12.6. The quantitative estimate of drug-likeness (QED) is 0.862. The lowest BCUT2D eigenvalue weighted by Crippen LogP contribution is -2.49. The molecule has 2 rings (SSSR count). The summed E-state index contributed by atoms with van der Waals surface area (Å²) in [5.41, 5.74) is 0. The van der Waals surface area contributed by atoms with Gasteiger partial charge in [0.1, 0.15) is 0 Å². The molecular weight excluding hydrogens is 254 g/mol.